The Hall–Kier alpha value is -7.74. The molecule has 0 atom stereocenters. The zero-order chi connectivity index (χ0) is 43.3. The van der Waals surface area contributed by atoms with Crippen LogP contribution in [0.5, 0.6) is 0 Å². The van der Waals surface area contributed by atoms with Crippen LogP contribution in [0, 0.1) is 0 Å². The molecule has 1 aromatic heterocycles. The molecule has 12 aromatic rings. The lowest BCUT2D eigenvalue weighted by Crippen LogP contribution is -2.15. The monoisotopic (exact) mass is 828 g/mol. The van der Waals surface area contributed by atoms with Crippen LogP contribution in [-0.4, -0.2) is 0 Å². The molecular formula is C64H44O. The summed E-state index contributed by atoms with van der Waals surface area (Å²) in [4.78, 5) is 0. The van der Waals surface area contributed by atoms with Crippen molar-refractivity contribution < 1.29 is 4.42 Å². The fourth-order valence-corrected chi connectivity index (χ4v) is 12.3. The summed E-state index contributed by atoms with van der Waals surface area (Å²) in [5.41, 5.74) is 20.0. The Labute approximate surface area is 378 Å². The van der Waals surface area contributed by atoms with E-state index in [0.717, 1.165) is 11.2 Å². The first kappa shape index (κ1) is 36.7. The molecule has 0 unspecified atom stereocenters. The predicted octanol–water partition coefficient (Wildman–Crippen LogP) is 17.8. The summed E-state index contributed by atoms with van der Waals surface area (Å²) in [6.45, 7) is 9.59. The maximum Gasteiger partial charge on any atom is 0.136 e. The summed E-state index contributed by atoms with van der Waals surface area (Å²) in [6, 6.07) is 72.8. The van der Waals surface area contributed by atoms with Crippen LogP contribution >= 0.6 is 0 Å². The van der Waals surface area contributed by atoms with Gasteiger partial charge in [0.15, 0.2) is 0 Å². The Morgan fingerprint density at radius 2 is 0.862 bits per heavy atom. The number of fused-ring (bicyclic) bond motifs is 14. The standard InChI is InChI=1S/C64H44O/c1-63(2)56-34-39(38-27-31-55-53(32-38)51-30-25-40-33-54-45-17-11-12-23-58(45)65-59(54)36-52(40)62(51)64(55,3)4)24-28-43(56)44-29-26-41(35-57(44)63)60-47-18-7-9-20-49(47)61(50-21-10-8-19-48(50)60)46-22-13-15-37-14-5-6-16-42(37)46/h5-36H,1-4H3. The Kier molecular flexibility index (Phi) is 7.30. The van der Waals surface area contributed by atoms with Crippen molar-refractivity contribution in [3.05, 3.63) is 216 Å². The molecule has 0 saturated carbocycles. The van der Waals surface area contributed by atoms with E-state index in [0.29, 0.717) is 0 Å². The summed E-state index contributed by atoms with van der Waals surface area (Å²) in [5, 5.41) is 12.5. The maximum atomic E-state index is 6.41. The zero-order valence-electron chi connectivity index (χ0n) is 36.9. The minimum Gasteiger partial charge on any atom is -0.456 e. The van der Waals surface area contributed by atoms with E-state index < -0.39 is 0 Å². The van der Waals surface area contributed by atoms with Crippen molar-refractivity contribution in [1.82, 2.24) is 0 Å². The molecule has 1 heterocycles. The average molecular weight is 829 g/mol. The number of benzene rings is 11. The largest absolute Gasteiger partial charge is 0.456 e. The van der Waals surface area contributed by atoms with Gasteiger partial charge in [0.05, 0.1) is 0 Å². The van der Waals surface area contributed by atoms with E-state index in [1.54, 1.807) is 0 Å². The average Bonchev–Trinajstić information content (AvgIpc) is 3.90. The number of furan rings is 1. The zero-order valence-corrected chi connectivity index (χ0v) is 36.9. The minimum absolute atomic E-state index is 0.158. The van der Waals surface area contributed by atoms with Crippen molar-refractivity contribution in [2.24, 2.45) is 0 Å². The van der Waals surface area contributed by atoms with Gasteiger partial charge in [-0.05, 0) is 157 Å². The van der Waals surface area contributed by atoms with E-state index in [4.69, 9.17) is 4.42 Å². The molecule has 0 bridgehead atoms. The summed E-state index contributed by atoms with van der Waals surface area (Å²) in [6.07, 6.45) is 0. The molecule has 0 spiro atoms. The van der Waals surface area contributed by atoms with Crippen molar-refractivity contribution >= 4 is 65.0 Å². The second-order valence-electron chi connectivity index (χ2n) is 19.6. The van der Waals surface area contributed by atoms with Crippen molar-refractivity contribution in [3.8, 4) is 55.6 Å². The highest BCUT2D eigenvalue weighted by molar-refractivity contribution is 6.23. The van der Waals surface area contributed by atoms with Crippen molar-refractivity contribution in [2.45, 2.75) is 38.5 Å². The molecule has 306 valence electrons. The third-order valence-corrected chi connectivity index (χ3v) is 15.4. The third-order valence-electron chi connectivity index (χ3n) is 15.4. The second kappa shape index (κ2) is 12.9. The first-order valence-corrected chi connectivity index (χ1v) is 23.0. The molecule has 0 radical (unpaired) electrons. The predicted molar refractivity (Wildman–Crippen MR) is 275 cm³/mol. The minimum atomic E-state index is -0.197. The Morgan fingerprint density at radius 3 is 1.60 bits per heavy atom. The van der Waals surface area contributed by atoms with Crippen LogP contribution in [-0.2, 0) is 10.8 Å². The molecule has 1 heteroatoms. The van der Waals surface area contributed by atoms with Crippen LogP contribution in [0.25, 0.3) is 121 Å². The molecule has 0 fully saturated rings. The van der Waals surface area contributed by atoms with Crippen LogP contribution in [0.2, 0.25) is 0 Å². The summed E-state index contributed by atoms with van der Waals surface area (Å²) in [7, 11) is 0. The van der Waals surface area contributed by atoms with Gasteiger partial charge in [-0.2, -0.15) is 0 Å². The van der Waals surface area contributed by atoms with E-state index in [-0.39, 0.29) is 10.8 Å². The number of para-hydroxylation sites is 1. The van der Waals surface area contributed by atoms with E-state index in [9.17, 15) is 0 Å². The van der Waals surface area contributed by atoms with Crippen LogP contribution in [0.3, 0.4) is 0 Å². The highest BCUT2D eigenvalue weighted by Gasteiger charge is 2.39. The van der Waals surface area contributed by atoms with Crippen LogP contribution in [0.15, 0.2) is 199 Å². The highest BCUT2D eigenvalue weighted by Crippen LogP contribution is 2.55. The Morgan fingerprint density at radius 1 is 0.292 bits per heavy atom. The van der Waals surface area contributed by atoms with Gasteiger partial charge in [-0.25, -0.2) is 0 Å². The van der Waals surface area contributed by atoms with Gasteiger partial charge in [0.2, 0.25) is 0 Å². The molecule has 14 rings (SSSR count). The van der Waals surface area contributed by atoms with Gasteiger partial charge in [-0.3, -0.25) is 0 Å². The lowest BCUT2D eigenvalue weighted by Gasteiger charge is -2.24. The molecule has 0 amide bonds. The lowest BCUT2D eigenvalue weighted by molar-refractivity contribution is 0.661. The molecule has 0 aliphatic heterocycles. The fraction of sp³-hybridized carbons (Fsp3) is 0.0938. The maximum absolute atomic E-state index is 6.41. The van der Waals surface area contributed by atoms with Gasteiger partial charge in [0.25, 0.3) is 0 Å². The molecule has 2 aliphatic carbocycles. The first-order chi connectivity index (χ1) is 31.7. The molecule has 2 aliphatic rings. The third kappa shape index (κ3) is 4.99. The number of hydrogen-bond donors (Lipinski definition) is 0. The van der Waals surface area contributed by atoms with Gasteiger partial charge >= 0.3 is 0 Å². The second-order valence-corrected chi connectivity index (χ2v) is 19.6. The molecule has 0 saturated heterocycles. The summed E-state index contributed by atoms with van der Waals surface area (Å²) in [5.74, 6) is 0. The molecule has 1 nitrogen and oxygen atoms in total. The van der Waals surface area contributed by atoms with Gasteiger partial charge in [-0.15, -0.1) is 0 Å². The van der Waals surface area contributed by atoms with Crippen LogP contribution < -0.4 is 0 Å². The van der Waals surface area contributed by atoms with Crippen LogP contribution in [0.4, 0.5) is 0 Å². The van der Waals surface area contributed by atoms with Gasteiger partial charge in [0, 0.05) is 21.6 Å². The summed E-state index contributed by atoms with van der Waals surface area (Å²) >= 11 is 0. The van der Waals surface area contributed by atoms with Crippen molar-refractivity contribution in [3.63, 3.8) is 0 Å². The summed E-state index contributed by atoms with van der Waals surface area (Å²) < 4.78 is 6.41. The van der Waals surface area contributed by atoms with E-state index >= 15 is 0 Å². The van der Waals surface area contributed by atoms with E-state index in [2.05, 4.69) is 216 Å². The van der Waals surface area contributed by atoms with Crippen molar-refractivity contribution in [1.29, 1.82) is 0 Å². The SMILES string of the molecule is CC1(C)c2cc(-c3ccc4c(c3)-c3ccc5cc6c(cc5c3C4(C)C)oc3ccccc36)ccc2-c2ccc(-c3c4ccccc4c(-c4cccc5ccccc45)c4ccccc34)cc21. The molecule has 65 heavy (non-hydrogen) atoms. The Bertz CT molecular complexity index is 4000. The van der Waals surface area contributed by atoms with Gasteiger partial charge < -0.3 is 4.42 Å². The Balaban J connectivity index is 0.878. The lowest BCUT2D eigenvalue weighted by atomic mass is 9.79. The molecule has 11 aromatic carbocycles. The van der Waals surface area contributed by atoms with Crippen LogP contribution in [0.1, 0.15) is 49.9 Å². The van der Waals surface area contributed by atoms with Crippen molar-refractivity contribution in [2.75, 3.05) is 0 Å². The normalized spacial score (nSPS) is 14.4. The van der Waals surface area contributed by atoms with Gasteiger partial charge in [0.1, 0.15) is 11.2 Å². The quantitative estimate of drug-likeness (QED) is 0.162. The smallest absolute Gasteiger partial charge is 0.136 e. The molecular weight excluding hydrogens is 785 g/mol. The molecule has 0 N–H and O–H groups in total. The first-order valence-electron chi connectivity index (χ1n) is 23.0. The number of rotatable bonds is 3. The van der Waals surface area contributed by atoms with E-state index in [1.165, 1.54) is 132 Å². The fourth-order valence-electron chi connectivity index (χ4n) is 12.3. The van der Waals surface area contributed by atoms with Gasteiger partial charge in [-0.1, -0.05) is 185 Å². The highest BCUT2D eigenvalue weighted by atomic mass is 16.3. The van der Waals surface area contributed by atoms with E-state index in [1.807, 2.05) is 6.07 Å². The number of hydrogen-bond acceptors (Lipinski definition) is 1. The topological polar surface area (TPSA) is 13.1 Å².